The zero-order valence-electron chi connectivity index (χ0n) is 15.3. The van der Waals surface area contributed by atoms with Gasteiger partial charge in [0.2, 0.25) is 0 Å². The molecule has 0 amide bonds. The van der Waals surface area contributed by atoms with Crippen LogP contribution in [-0.4, -0.2) is 44.2 Å². The molecule has 134 valence electrons. The molecule has 0 aliphatic carbocycles. The van der Waals surface area contributed by atoms with E-state index in [0.717, 1.165) is 38.3 Å². The second-order valence-electron chi connectivity index (χ2n) is 7.07. The summed E-state index contributed by atoms with van der Waals surface area (Å²) in [4.78, 5) is 12.7. The van der Waals surface area contributed by atoms with Gasteiger partial charge in [0.25, 0.3) is 0 Å². The lowest BCUT2D eigenvalue weighted by Gasteiger charge is -2.32. The third-order valence-electron chi connectivity index (χ3n) is 4.50. The van der Waals surface area contributed by atoms with E-state index < -0.39 is 0 Å². The Balaban J connectivity index is 1.59. The highest BCUT2D eigenvalue weighted by molar-refractivity contribution is 5.75. The number of Topliss-reactive ketones (excluding diaryl/α,β-unsaturated/α-hetero) is 1. The number of hydrogen-bond donors (Lipinski definition) is 1. The molecule has 0 radical (unpaired) electrons. The van der Waals surface area contributed by atoms with Gasteiger partial charge in [-0.05, 0) is 57.7 Å². The summed E-state index contributed by atoms with van der Waals surface area (Å²) in [6.07, 6.45) is 4.45. The van der Waals surface area contributed by atoms with E-state index in [4.69, 9.17) is 9.47 Å². The number of carbonyl (C=O) groups is 1. The number of morpholine rings is 1. The third-order valence-corrected chi connectivity index (χ3v) is 4.50. The monoisotopic (exact) mass is 334 g/mol. The van der Waals surface area contributed by atoms with Crippen LogP contribution in [0.2, 0.25) is 0 Å². The van der Waals surface area contributed by atoms with Gasteiger partial charge in [-0.3, -0.25) is 0 Å². The quantitative estimate of drug-likeness (QED) is 0.703. The molecule has 2 atom stereocenters. The van der Waals surface area contributed by atoms with Gasteiger partial charge in [0, 0.05) is 6.42 Å². The third kappa shape index (κ3) is 7.02. The summed E-state index contributed by atoms with van der Waals surface area (Å²) in [5.74, 6) is 1.16. The van der Waals surface area contributed by atoms with Crippen LogP contribution in [0.1, 0.15) is 45.6 Å². The molecule has 1 N–H and O–H groups in total. The van der Waals surface area contributed by atoms with Gasteiger partial charge < -0.3 is 19.2 Å². The van der Waals surface area contributed by atoms with Crippen molar-refractivity contribution in [3.63, 3.8) is 0 Å². The van der Waals surface area contributed by atoms with Crippen LogP contribution < -0.4 is 9.64 Å². The van der Waals surface area contributed by atoms with Gasteiger partial charge in [0.15, 0.2) is 0 Å². The van der Waals surface area contributed by atoms with E-state index in [9.17, 15) is 4.79 Å². The molecule has 0 aromatic heterocycles. The first-order valence-corrected chi connectivity index (χ1v) is 9.23. The van der Waals surface area contributed by atoms with Crippen molar-refractivity contribution in [2.45, 2.75) is 58.7 Å². The van der Waals surface area contributed by atoms with Crippen LogP contribution in [0.3, 0.4) is 0 Å². The Morgan fingerprint density at radius 1 is 1.17 bits per heavy atom. The van der Waals surface area contributed by atoms with Crippen LogP contribution in [0.15, 0.2) is 24.3 Å². The minimum Gasteiger partial charge on any atom is -0.494 e. The summed E-state index contributed by atoms with van der Waals surface area (Å²) < 4.78 is 11.6. The van der Waals surface area contributed by atoms with Crippen LogP contribution in [0.4, 0.5) is 0 Å². The van der Waals surface area contributed by atoms with Gasteiger partial charge in [0.1, 0.15) is 36.8 Å². The van der Waals surface area contributed by atoms with E-state index in [1.807, 2.05) is 12.1 Å². The number of rotatable bonds is 9. The van der Waals surface area contributed by atoms with E-state index in [1.165, 1.54) is 18.5 Å². The number of ether oxygens (including phenoxy) is 2. The average Bonchev–Trinajstić information content (AvgIpc) is 2.53. The summed E-state index contributed by atoms with van der Waals surface area (Å²) in [6.45, 7) is 10.2. The van der Waals surface area contributed by atoms with E-state index in [1.54, 1.807) is 11.8 Å². The Kier molecular flexibility index (Phi) is 7.73. The Hall–Kier alpha value is -1.39. The van der Waals surface area contributed by atoms with E-state index in [2.05, 4.69) is 26.0 Å². The lowest BCUT2D eigenvalue weighted by molar-refractivity contribution is -0.915. The maximum atomic E-state index is 11.0. The topological polar surface area (TPSA) is 40.0 Å². The first-order chi connectivity index (χ1) is 11.5. The van der Waals surface area contributed by atoms with Gasteiger partial charge in [-0.15, -0.1) is 0 Å². The Bertz CT molecular complexity index is 490. The van der Waals surface area contributed by atoms with Crippen molar-refractivity contribution < 1.29 is 19.2 Å². The fraction of sp³-hybridized carbons (Fsp3) is 0.650. The van der Waals surface area contributed by atoms with E-state index in [-0.39, 0.29) is 5.78 Å². The van der Waals surface area contributed by atoms with Crippen LogP contribution in [-0.2, 0) is 16.0 Å². The molecule has 1 aromatic carbocycles. The lowest BCUT2D eigenvalue weighted by Crippen LogP contribution is -3.15. The Morgan fingerprint density at radius 2 is 1.83 bits per heavy atom. The van der Waals surface area contributed by atoms with Crippen LogP contribution in [0, 0.1) is 0 Å². The molecule has 2 rings (SSSR count). The van der Waals surface area contributed by atoms with Crippen LogP contribution >= 0.6 is 0 Å². The molecule has 1 aliphatic rings. The highest BCUT2D eigenvalue weighted by Gasteiger charge is 2.24. The maximum Gasteiger partial charge on any atom is 0.130 e. The summed E-state index contributed by atoms with van der Waals surface area (Å²) >= 11 is 0. The maximum absolute atomic E-state index is 11.0. The first kappa shape index (κ1) is 18.9. The van der Waals surface area contributed by atoms with Gasteiger partial charge in [0.05, 0.1) is 13.2 Å². The zero-order chi connectivity index (χ0) is 17.4. The van der Waals surface area contributed by atoms with Gasteiger partial charge in [-0.2, -0.15) is 0 Å². The molecule has 24 heavy (non-hydrogen) atoms. The first-order valence-electron chi connectivity index (χ1n) is 9.23. The highest BCUT2D eigenvalue weighted by Crippen LogP contribution is 2.14. The van der Waals surface area contributed by atoms with Crippen molar-refractivity contribution in [1.82, 2.24) is 0 Å². The minimum absolute atomic E-state index is 0.238. The summed E-state index contributed by atoms with van der Waals surface area (Å²) in [5, 5.41) is 0. The molecule has 1 aromatic rings. The number of unbranched alkanes of at least 4 members (excludes halogenated alkanes) is 1. The molecule has 4 nitrogen and oxygen atoms in total. The number of benzene rings is 1. The molecule has 0 unspecified atom stereocenters. The second-order valence-corrected chi connectivity index (χ2v) is 7.07. The normalized spacial score (nSPS) is 23.9. The van der Waals surface area contributed by atoms with Gasteiger partial charge in [-0.25, -0.2) is 0 Å². The molecule has 0 spiro atoms. The molecule has 1 fully saturated rings. The van der Waals surface area contributed by atoms with Crippen molar-refractivity contribution in [1.29, 1.82) is 0 Å². The SMILES string of the molecule is CC(=O)CCc1ccc(OCCCC[NH+]2C[C@H](C)O[C@@H](C)C2)cc1. The number of hydrogen-bond acceptors (Lipinski definition) is 3. The van der Waals surface area contributed by atoms with Crippen molar-refractivity contribution >= 4 is 5.78 Å². The fourth-order valence-electron chi connectivity index (χ4n) is 3.33. The Labute approximate surface area is 146 Å². The minimum atomic E-state index is 0.238. The van der Waals surface area contributed by atoms with Crippen molar-refractivity contribution in [2.24, 2.45) is 0 Å². The molecule has 1 heterocycles. The Morgan fingerprint density at radius 3 is 2.46 bits per heavy atom. The van der Waals surface area contributed by atoms with Crippen LogP contribution in [0.5, 0.6) is 5.75 Å². The highest BCUT2D eigenvalue weighted by atomic mass is 16.5. The largest absolute Gasteiger partial charge is 0.494 e. The zero-order valence-corrected chi connectivity index (χ0v) is 15.3. The predicted molar refractivity (Wildman–Crippen MR) is 95.7 cm³/mol. The van der Waals surface area contributed by atoms with Crippen molar-refractivity contribution in [3.05, 3.63) is 29.8 Å². The summed E-state index contributed by atoms with van der Waals surface area (Å²) in [7, 11) is 0. The average molecular weight is 334 g/mol. The molecular formula is C20H32NO3+. The van der Waals surface area contributed by atoms with E-state index >= 15 is 0 Å². The molecule has 1 saturated heterocycles. The standard InChI is InChI=1S/C20H31NO3/c1-16(22)6-7-19-8-10-20(11-9-19)23-13-5-4-12-21-14-17(2)24-18(3)15-21/h8-11,17-18H,4-7,12-15H2,1-3H3/p+1/t17-,18-/m0/s1. The molecule has 1 aliphatic heterocycles. The molecule has 0 saturated carbocycles. The van der Waals surface area contributed by atoms with Crippen LogP contribution in [0.25, 0.3) is 0 Å². The molecular weight excluding hydrogens is 302 g/mol. The number of ketones is 1. The summed E-state index contributed by atoms with van der Waals surface area (Å²) in [5.41, 5.74) is 1.19. The number of nitrogens with one attached hydrogen (secondary N) is 1. The van der Waals surface area contributed by atoms with Gasteiger partial charge >= 0.3 is 0 Å². The predicted octanol–water partition coefficient (Wildman–Crippen LogP) is 2.06. The van der Waals surface area contributed by atoms with Crippen molar-refractivity contribution in [3.8, 4) is 5.75 Å². The lowest BCUT2D eigenvalue weighted by atomic mass is 10.1. The number of carbonyl (C=O) groups excluding carboxylic acids is 1. The van der Waals surface area contributed by atoms with Crippen molar-refractivity contribution in [2.75, 3.05) is 26.2 Å². The van der Waals surface area contributed by atoms with E-state index in [0.29, 0.717) is 18.6 Å². The number of aryl methyl sites for hydroxylation is 1. The van der Waals surface area contributed by atoms with Gasteiger partial charge in [-0.1, -0.05) is 12.1 Å². The number of quaternary nitrogens is 1. The smallest absolute Gasteiger partial charge is 0.130 e. The fourth-order valence-corrected chi connectivity index (χ4v) is 3.33. The second kappa shape index (κ2) is 9.80. The molecule has 0 bridgehead atoms. The summed E-state index contributed by atoms with van der Waals surface area (Å²) in [6, 6.07) is 8.12. The molecule has 4 heteroatoms.